The number of hydrogen-bond acceptors (Lipinski definition) is 1. The molecule has 0 aliphatic rings. The van der Waals surface area contributed by atoms with Crippen LogP contribution in [0.25, 0.3) is 0 Å². The lowest BCUT2D eigenvalue weighted by atomic mass is 10.2. The Labute approximate surface area is 81.7 Å². The number of unbranched alkanes of at least 4 members (excludes halogenated alkanes) is 3. The Bertz CT molecular complexity index is 135. The monoisotopic (exact) mass is 186 g/mol. The van der Waals surface area contributed by atoms with Crippen LogP contribution in [-0.4, -0.2) is 11.1 Å². The van der Waals surface area contributed by atoms with Gasteiger partial charge in [0.05, 0.1) is 0 Å². The van der Waals surface area contributed by atoms with Crippen LogP contribution in [0.2, 0.25) is 0 Å². The van der Waals surface area contributed by atoms with Crippen molar-refractivity contribution in [3.05, 3.63) is 12.2 Å². The zero-order valence-electron chi connectivity index (χ0n) is 9.10. The maximum absolute atomic E-state index is 9.96. The topological polar surface area (TPSA) is 37.3 Å². The zero-order chi connectivity index (χ0) is 10.7. The van der Waals surface area contributed by atoms with Crippen molar-refractivity contribution in [1.82, 2.24) is 0 Å². The van der Waals surface area contributed by atoms with Gasteiger partial charge in [-0.1, -0.05) is 31.8 Å². The van der Waals surface area contributed by atoms with Gasteiger partial charge in [0.15, 0.2) is 0 Å². The molecule has 78 valence electrons. The van der Waals surface area contributed by atoms with Crippen LogP contribution in [0.4, 0.5) is 0 Å². The fourth-order valence-electron chi connectivity index (χ4n) is 0.703. The molecule has 0 amide bonds. The maximum atomic E-state index is 9.96. The molecule has 0 unspecified atom stereocenters. The van der Waals surface area contributed by atoms with Gasteiger partial charge in [-0.05, 0) is 20.3 Å². The number of hydrogen-bond donors (Lipinski definition) is 1. The molecular formula is C11H22O2. The number of aliphatic carboxylic acids is 1. The van der Waals surface area contributed by atoms with E-state index >= 15 is 0 Å². The fraction of sp³-hybridized carbons (Fsp3) is 0.727. The van der Waals surface area contributed by atoms with E-state index in [2.05, 4.69) is 13.5 Å². The summed E-state index contributed by atoms with van der Waals surface area (Å²) in [5.41, 5.74) is 1.17. The van der Waals surface area contributed by atoms with Crippen LogP contribution in [0.15, 0.2) is 12.2 Å². The number of allylic oxidation sites excluding steroid dienone is 1. The normalized spacial score (nSPS) is 8.54. The summed E-state index contributed by atoms with van der Waals surface area (Å²) in [6, 6.07) is 0. The van der Waals surface area contributed by atoms with Gasteiger partial charge >= 0.3 is 5.97 Å². The molecule has 13 heavy (non-hydrogen) atoms. The van der Waals surface area contributed by atoms with Crippen molar-refractivity contribution in [2.75, 3.05) is 0 Å². The molecule has 0 aromatic carbocycles. The highest BCUT2D eigenvalue weighted by molar-refractivity contribution is 5.66. The molecule has 0 fully saturated rings. The predicted molar refractivity (Wildman–Crippen MR) is 56.9 cm³/mol. The molecule has 0 saturated heterocycles. The number of carboxylic acids is 1. The van der Waals surface area contributed by atoms with E-state index in [0.29, 0.717) is 6.42 Å². The molecule has 0 rings (SSSR count). The van der Waals surface area contributed by atoms with Crippen molar-refractivity contribution in [3.63, 3.8) is 0 Å². The molecule has 0 atom stereocenters. The maximum Gasteiger partial charge on any atom is 0.303 e. The van der Waals surface area contributed by atoms with Gasteiger partial charge in [-0.3, -0.25) is 4.79 Å². The van der Waals surface area contributed by atoms with Gasteiger partial charge in [0.2, 0.25) is 0 Å². The summed E-state index contributed by atoms with van der Waals surface area (Å²) in [7, 11) is 0. The lowest BCUT2D eigenvalue weighted by Crippen LogP contribution is -1.92. The lowest BCUT2D eigenvalue weighted by Gasteiger charge is -1.92. The van der Waals surface area contributed by atoms with Crippen molar-refractivity contribution in [3.8, 4) is 0 Å². The summed E-state index contributed by atoms with van der Waals surface area (Å²) < 4.78 is 0. The second-order valence-electron chi connectivity index (χ2n) is 3.41. The van der Waals surface area contributed by atoms with Crippen LogP contribution in [0, 0.1) is 0 Å². The van der Waals surface area contributed by atoms with E-state index in [9.17, 15) is 4.79 Å². The molecule has 0 aromatic rings. The highest BCUT2D eigenvalue weighted by atomic mass is 16.4. The SMILES string of the molecule is C=C(C)C.CCCCCCC(=O)O. The second kappa shape index (κ2) is 11.2. The summed E-state index contributed by atoms with van der Waals surface area (Å²) in [6.45, 7) is 9.61. The van der Waals surface area contributed by atoms with Crippen LogP contribution in [0.1, 0.15) is 52.9 Å². The van der Waals surface area contributed by atoms with Gasteiger partial charge in [0, 0.05) is 6.42 Å². The summed E-state index contributed by atoms with van der Waals surface area (Å²) in [5.74, 6) is -0.675. The van der Waals surface area contributed by atoms with Crippen molar-refractivity contribution < 1.29 is 9.90 Å². The van der Waals surface area contributed by atoms with E-state index < -0.39 is 5.97 Å². The molecule has 0 spiro atoms. The lowest BCUT2D eigenvalue weighted by molar-refractivity contribution is -0.137. The number of carboxylic acid groups (broad SMARTS) is 1. The predicted octanol–water partition coefficient (Wildman–Crippen LogP) is 3.62. The molecule has 0 aliphatic carbocycles. The van der Waals surface area contributed by atoms with E-state index in [4.69, 9.17) is 5.11 Å². The molecule has 2 nitrogen and oxygen atoms in total. The summed E-state index contributed by atoms with van der Waals surface area (Å²) in [5, 5.41) is 8.21. The molecule has 0 bridgehead atoms. The Morgan fingerprint density at radius 3 is 2.00 bits per heavy atom. The standard InChI is InChI=1S/C7H14O2.C4H8/c1-2-3-4-5-6-7(8)9;1-4(2)3/h2-6H2,1H3,(H,8,9);1H2,2-3H3. The fourth-order valence-corrected chi connectivity index (χ4v) is 0.703. The Balaban J connectivity index is 0. The Morgan fingerprint density at radius 2 is 1.69 bits per heavy atom. The van der Waals surface area contributed by atoms with Gasteiger partial charge in [-0.25, -0.2) is 0 Å². The summed E-state index contributed by atoms with van der Waals surface area (Å²) in [6.07, 6.45) is 4.55. The first-order valence-corrected chi connectivity index (χ1v) is 4.84. The minimum Gasteiger partial charge on any atom is -0.481 e. The van der Waals surface area contributed by atoms with Crippen molar-refractivity contribution >= 4 is 5.97 Å². The minimum absolute atomic E-state index is 0.333. The highest BCUT2D eigenvalue weighted by Gasteiger charge is 1.93. The van der Waals surface area contributed by atoms with E-state index in [-0.39, 0.29) is 0 Å². The van der Waals surface area contributed by atoms with Gasteiger partial charge < -0.3 is 5.11 Å². The first-order valence-electron chi connectivity index (χ1n) is 4.84. The van der Waals surface area contributed by atoms with Gasteiger partial charge in [-0.2, -0.15) is 0 Å². The van der Waals surface area contributed by atoms with Crippen LogP contribution in [0.5, 0.6) is 0 Å². The van der Waals surface area contributed by atoms with Gasteiger partial charge in [0.1, 0.15) is 0 Å². The summed E-state index contributed by atoms with van der Waals surface area (Å²) >= 11 is 0. The van der Waals surface area contributed by atoms with Crippen molar-refractivity contribution in [1.29, 1.82) is 0 Å². The van der Waals surface area contributed by atoms with Crippen LogP contribution in [0.3, 0.4) is 0 Å². The molecule has 1 N–H and O–H groups in total. The largest absolute Gasteiger partial charge is 0.481 e. The molecule has 0 aromatic heterocycles. The quantitative estimate of drug-likeness (QED) is 0.526. The molecule has 0 aliphatic heterocycles. The van der Waals surface area contributed by atoms with Gasteiger partial charge in [-0.15, -0.1) is 6.58 Å². The molecular weight excluding hydrogens is 164 g/mol. The smallest absolute Gasteiger partial charge is 0.303 e. The third-order valence-corrected chi connectivity index (χ3v) is 1.24. The van der Waals surface area contributed by atoms with Crippen LogP contribution < -0.4 is 0 Å². The first-order chi connectivity index (χ1) is 6.00. The zero-order valence-corrected chi connectivity index (χ0v) is 9.10. The van der Waals surface area contributed by atoms with Gasteiger partial charge in [0.25, 0.3) is 0 Å². The van der Waals surface area contributed by atoms with Crippen molar-refractivity contribution in [2.45, 2.75) is 52.9 Å². The molecule has 2 heteroatoms. The first kappa shape index (κ1) is 14.7. The van der Waals surface area contributed by atoms with Crippen LogP contribution in [-0.2, 0) is 4.79 Å². The number of carbonyl (C=O) groups is 1. The highest BCUT2D eigenvalue weighted by Crippen LogP contribution is 2.01. The van der Waals surface area contributed by atoms with E-state index in [1.807, 2.05) is 13.8 Å². The average molecular weight is 186 g/mol. The van der Waals surface area contributed by atoms with E-state index in [1.54, 1.807) is 0 Å². The third-order valence-electron chi connectivity index (χ3n) is 1.24. The Morgan fingerprint density at radius 1 is 1.23 bits per heavy atom. The van der Waals surface area contributed by atoms with Crippen molar-refractivity contribution in [2.24, 2.45) is 0 Å². The molecule has 0 heterocycles. The Hall–Kier alpha value is -0.790. The average Bonchev–Trinajstić information content (AvgIpc) is 1.97. The Kier molecular flexibility index (Phi) is 12.7. The summed E-state index contributed by atoms with van der Waals surface area (Å²) in [4.78, 5) is 9.96. The third kappa shape index (κ3) is 35.0. The second-order valence-corrected chi connectivity index (χ2v) is 3.41. The molecule has 0 radical (unpaired) electrons. The van der Waals surface area contributed by atoms with E-state index in [0.717, 1.165) is 19.3 Å². The van der Waals surface area contributed by atoms with Crippen LogP contribution >= 0.6 is 0 Å². The molecule has 0 saturated carbocycles. The number of rotatable bonds is 5. The minimum atomic E-state index is -0.675. The van der Waals surface area contributed by atoms with E-state index in [1.165, 1.54) is 12.0 Å².